The molecule has 25 heavy (non-hydrogen) atoms. The minimum atomic E-state index is -0.0621. The fourth-order valence-electron chi connectivity index (χ4n) is 2.38. The molecule has 3 rings (SSSR count). The van der Waals surface area contributed by atoms with Gasteiger partial charge in [0.25, 0.3) is 0 Å². The second kappa shape index (κ2) is 8.06. The molecule has 0 radical (unpaired) electrons. The zero-order valence-corrected chi connectivity index (χ0v) is 14.1. The quantitative estimate of drug-likeness (QED) is 0.478. The Labute approximate surface area is 147 Å². The van der Waals surface area contributed by atoms with E-state index in [1.54, 1.807) is 36.7 Å². The average Bonchev–Trinajstić information content (AvgIpc) is 2.67. The van der Waals surface area contributed by atoms with Gasteiger partial charge in [0, 0.05) is 18.0 Å². The third-order valence-corrected chi connectivity index (χ3v) is 3.91. The molecule has 3 aromatic rings. The van der Waals surface area contributed by atoms with E-state index in [2.05, 4.69) is 24.0 Å². The molecule has 0 bridgehead atoms. The van der Waals surface area contributed by atoms with Gasteiger partial charge >= 0.3 is 0 Å². The minimum Gasteiger partial charge on any atom is -0.489 e. The van der Waals surface area contributed by atoms with Gasteiger partial charge in [-0.05, 0) is 54.0 Å². The first-order chi connectivity index (χ1) is 12.2. The third kappa shape index (κ3) is 4.64. The highest BCUT2D eigenvalue weighted by Crippen LogP contribution is 2.16. The summed E-state index contributed by atoms with van der Waals surface area (Å²) in [6.45, 7) is 2.62. The number of aryl methyl sites for hydroxylation is 1. The van der Waals surface area contributed by atoms with Crippen LogP contribution in [0, 0.1) is 6.92 Å². The van der Waals surface area contributed by atoms with Crippen molar-refractivity contribution in [2.75, 3.05) is 0 Å². The number of allylic oxidation sites excluding steroid dienone is 1. The van der Waals surface area contributed by atoms with Gasteiger partial charge in [-0.3, -0.25) is 9.78 Å². The maximum atomic E-state index is 12.0. The second-order valence-corrected chi connectivity index (χ2v) is 5.72. The number of ketones is 1. The smallest absolute Gasteiger partial charge is 0.187 e. The van der Waals surface area contributed by atoms with Crippen molar-refractivity contribution in [2.24, 2.45) is 0 Å². The lowest BCUT2D eigenvalue weighted by molar-refractivity contribution is 0.104. The lowest BCUT2D eigenvalue weighted by Gasteiger charge is -2.08. The Balaban J connectivity index is 1.60. The number of rotatable bonds is 6. The van der Waals surface area contributed by atoms with Gasteiger partial charge in [-0.1, -0.05) is 42.5 Å². The van der Waals surface area contributed by atoms with Crippen molar-refractivity contribution in [1.82, 2.24) is 4.98 Å². The van der Waals surface area contributed by atoms with Crippen molar-refractivity contribution >= 4 is 11.9 Å². The van der Waals surface area contributed by atoms with Crippen LogP contribution in [0.4, 0.5) is 0 Å². The SMILES string of the molecule is Cc1ccccc1COc1ccc(/C=C/C(=O)c2cccnc2)cc1. The molecular formula is C22H19NO2. The molecular weight excluding hydrogens is 310 g/mol. The molecule has 0 aliphatic rings. The van der Waals surface area contributed by atoms with Crippen LogP contribution in [-0.2, 0) is 6.61 Å². The summed E-state index contributed by atoms with van der Waals surface area (Å²) in [5, 5.41) is 0. The molecule has 0 amide bonds. The highest BCUT2D eigenvalue weighted by molar-refractivity contribution is 6.06. The number of ether oxygens (including phenoxy) is 1. The van der Waals surface area contributed by atoms with Gasteiger partial charge in [-0.2, -0.15) is 0 Å². The van der Waals surface area contributed by atoms with Crippen LogP contribution in [0.25, 0.3) is 6.08 Å². The number of aromatic nitrogens is 1. The van der Waals surface area contributed by atoms with Gasteiger partial charge in [-0.25, -0.2) is 0 Å². The molecule has 0 saturated heterocycles. The van der Waals surface area contributed by atoms with Crippen molar-refractivity contribution in [1.29, 1.82) is 0 Å². The van der Waals surface area contributed by atoms with E-state index in [-0.39, 0.29) is 5.78 Å². The van der Waals surface area contributed by atoms with Gasteiger partial charge in [0.15, 0.2) is 5.78 Å². The van der Waals surface area contributed by atoms with E-state index in [1.165, 1.54) is 11.1 Å². The molecule has 1 aromatic heterocycles. The van der Waals surface area contributed by atoms with Crippen molar-refractivity contribution in [3.63, 3.8) is 0 Å². The van der Waals surface area contributed by atoms with Crippen LogP contribution in [-0.4, -0.2) is 10.8 Å². The molecule has 0 saturated carbocycles. The summed E-state index contributed by atoms with van der Waals surface area (Å²) in [6, 6.07) is 19.4. The normalized spacial score (nSPS) is 10.8. The Hall–Kier alpha value is -3.20. The molecule has 0 N–H and O–H groups in total. The summed E-state index contributed by atoms with van der Waals surface area (Å²) >= 11 is 0. The summed E-state index contributed by atoms with van der Waals surface area (Å²) in [5.74, 6) is 0.743. The Morgan fingerprint density at radius 2 is 1.84 bits per heavy atom. The van der Waals surface area contributed by atoms with E-state index in [0.717, 1.165) is 11.3 Å². The van der Waals surface area contributed by atoms with E-state index in [4.69, 9.17) is 4.74 Å². The number of hydrogen-bond acceptors (Lipinski definition) is 3. The number of benzene rings is 2. The lowest BCUT2D eigenvalue weighted by atomic mass is 10.1. The first-order valence-electron chi connectivity index (χ1n) is 8.12. The number of carbonyl (C=O) groups is 1. The van der Waals surface area contributed by atoms with Crippen LogP contribution in [0.3, 0.4) is 0 Å². The molecule has 0 unspecified atom stereocenters. The monoisotopic (exact) mass is 329 g/mol. The molecule has 3 heteroatoms. The zero-order chi connectivity index (χ0) is 17.5. The number of carbonyl (C=O) groups excluding carboxylic acids is 1. The molecule has 0 aliphatic heterocycles. The standard InChI is InChI=1S/C22H19NO2/c1-17-5-2-3-6-20(17)16-25-21-11-8-18(9-12-21)10-13-22(24)19-7-4-14-23-15-19/h2-15H,16H2,1H3/b13-10+. The fraction of sp³-hybridized carbons (Fsp3) is 0.0909. The number of pyridine rings is 1. The summed E-state index contributed by atoms with van der Waals surface area (Å²) in [7, 11) is 0. The molecule has 124 valence electrons. The Kier molecular flexibility index (Phi) is 5.37. The van der Waals surface area contributed by atoms with E-state index >= 15 is 0 Å². The van der Waals surface area contributed by atoms with Gasteiger partial charge in [0.1, 0.15) is 12.4 Å². The van der Waals surface area contributed by atoms with Crippen LogP contribution in [0.15, 0.2) is 79.1 Å². The molecule has 1 heterocycles. The maximum absolute atomic E-state index is 12.0. The van der Waals surface area contributed by atoms with E-state index < -0.39 is 0 Å². The highest BCUT2D eigenvalue weighted by Gasteiger charge is 2.01. The first-order valence-corrected chi connectivity index (χ1v) is 8.12. The Morgan fingerprint density at radius 1 is 1.04 bits per heavy atom. The van der Waals surface area contributed by atoms with Gasteiger partial charge < -0.3 is 4.74 Å². The Bertz CT molecular complexity index is 868. The van der Waals surface area contributed by atoms with Crippen molar-refractivity contribution in [3.8, 4) is 5.75 Å². The van der Waals surface area contributed by atoms with Crippen LogP contribution < -0.4 is 4.74 Å². The van der Waals surface area contributed by atoms with Crippen LogP contribution in [0.2, 0.25) is 0 Å². The van der Waals surface area contributed by atoms with E-state index in [9.17, 15) is 4.79 Å². The minimum absolute atomic E-state index is 0.0621. The van der Waals surface area contributed by atoms with Crippen molar-refractivity contribution in [2.45, 2.75) is 13.5 Å². The molecule has 0 aliphatic carbocycles. The predicted molar refractivity (Wildman–Crippen MR) is 99.6 cm³/mol. The highest BCUT2D eigenvalue weighted by atomic mass is 16.5. The predicted octanol–water partition coefficient (Wildman–Crippen LogP) is 4.87. The van der Waals surface area contributed by atoms with Crippen LogP contribution >= 0.6 is 0 Å². The van der Waals surface area contributed by atoms with Crippen LogP contribution in [0.5, 0.6) is 5.75 Å². The van der Waals surface area contributed by atoms with Gasteiger partial charge in [-0.15, -0.1) is 0 Å². The lowest BCUT2D eigenvalue weighted by Crippen LogP contribution is -1.97. The first kappa shape index (κ1) is 16.7. The summed E-state index contributed by atoms with van der Waals surface area (Å²) in [5.41, 5.74) is 3.92. The number of hydrogen-bond donors (Lipinski definition) is 0. The zero-order valence-electron chi connectivity index (χ0n) is 14.1. The largest absolute Gasteiger partial charge is 0.489 e. The molecule has 0 fully saturated rings. The maximum Gasteiger partial charge on any atom is 0.187 e. The van der Waals surface area contributed by atoms with E-state index in [0.29, 0.717) is 12.2 Å². The summed E-state index contributed by atoms with van der Waals surface area (Å²) in [4.78, 5) is 16.0. The fourth-order valence-corrected chi connectivity index (χ4v) is 2.38. The third-order valence-electron chi connectivity index (χ3n) is 3.91. The second-order valence-electron chi connectivity index (χ2n) is 5.72. The van der Waals surface area contributed by atoms with Crippen molar-refractivity contribution in [3.05, 3.63) is 101 Å². The van der Waals surface area contributed by atoms with Crippen molar-refractivity contribution < 1.29 is 9.53 Å². The summed E-state index contributed by atoms with van der Waals surface area (Å²) < 4.78 is 5.82. The molecule has 3 nitrogen and oxygen atoms in total. The topological polar surface area (TPSA) is 39.2 Å². The summed E-state index contributed by atoms with van der Waals surface area (Å²) in [6.07, 6.45) is 6.56. The Morgan fingerprint density at radius 3 is 2.56 bits per heavy atom. The van der Waals surface area contributed by atoms with E-state index in [1.807, 2.05) is 36.4 Å². The van der Waals surface area contributed by atoms with Gasteiger partial charge in [0.05, 0.1) is 0 Å². The number of nitrogens with zero attached hydrogens (tertiary/aromatic N) is 1. The molecule has 0 spiro atoms. The van der Waals surface area contributed by atoms with Gasteiger partial charge in [0.2, 0.25) is 0 Å². The molecule has 2 aromatic carbocycles. The molecule has 0 atom stereocenters. The average molecular weight is 329 g/mol. The van der Waals surface area contributed by atoms with Crippen LogP contribution in [0.1, 0.15) is 27.0 Å².